The van der Waals surface area contributed by atoms with Gasteiger partial charge in [-0.25, -0.2) is 13.1 Å². The summed E-state index contributed by atoms with van der Waals surface area (Å²) in [6.45, 7) is 9.57. The molecule has 12 heteroatoms. The van der Waals surface area contributed by atoms with Gasteiger partial charge in [-0.3, -0.25) is 9.59 Å². The summed E-state index contributed by atoms with van der Waals surface area (Å²) in [5.41, 5.74) is 5.82. The van der Waals surface area contributed by atoms with Crippen LogP contribution >= 0.6 is 0 Å². The van der Waals surface area contributed by atoms with Crippen LogP contribution in [0.1, 0.15) is 62.6 Å². The van der Waals surface area contributed by atoms with Crippen molar-refractivity contribution in [3.63, 3.8) is 0 Å². The Balaban J connectivity index is 1.22. The number of amides is 2. The maximum absolute atomic E-state index is 14.9. The number of sulfonamides is 1. The number of aromatic nitrogens is 1. The zero-order valence-corrected chi connectivity index (χ0v) is 30.2. The zero-order valence-electron chi connectivity index (χ0n) is 29.3. The Morgan fingerprint density at radius 2 is 1.90 bits per heavy atom. The van der Waals surface area contributed by atoms with E-state index >= 15 is 0 Å². The Bertz CT molecular complexity index is 2090. The first-order chi connectivity index (χ1) is 24.5. The van der Waals surface area contributed by atoms with Gasteiger partial charge < -0.3 is 24.3 Å². The summed E-state index contributed by atoms with van der Waals surface area (Å²) in [6.07, 6.45) is 9.87. The molecule has 268 valence electrons. The quantitative estimate of drug-likeness (QED) is 0.328. The topological polar surface area (TPSA) is 143 Å². The van der Waals surface area contributed by atoms with E-state index in [4.69, 9.17) is 14.7 Å². The molecule has 1 aromatic carbocycles. The highest BCUT2D eigenvalue weighted by Gasteiger charge is 2.65. The molecule has 2 aromatic rings. The van der Waals surface area contributed by atoms with Crippen LogP contribution in [0.15, 0.2) is 64.1 Å². The van der Waals surface area contributed by atoms with Crippen molar-refractivity contribution in [2.45, 2.75) is 64.3 Å². The molecule has 0 radical (unpaired) electrons. The first-order valence-electron chi connectivity index (χ1n) is 18.1. The summed E-state index contributed by atoms with van der Waals surface area (Å²) < 4.78 is 41.8. The highest BCUT2D eigenvalue weighted by Crippen LogP contribution is 2.57. The molecule has 0 bridgehead atoms. The highest BCUT2D eigenvalue weighted by atomic mass is 32.2. The van der Waals surface area contributed by atoms with Gasteiger partial charge in [0.25, 0.3) is 15.9 Å². The number of rotatable bonds is 11. The van der Waals surface area contributed by atoms with Crippen molar-refractivity contribution in [3.05, 3.63) is 75.4 Å². The number of ether oxygens (including phenoxy) is 2. The molecule has 3 fully saturated rings. The van der Waals surface area contributed by atoms with Crippen LogP contribution in [0.4, 0.5) is 0 Å². The molecule has 6 aliphatic rings. The molecule has 4 atom stereocenters. The van der Waals surface area contributed by atoms with Gasteiger partial charge in [-0.1, -0.05) is 37.6 Å². The van der Waals surface area contributed by atoms with E-state index in [0.29, 0.717) is 51.3 Å². The number of aryl methyl sites for hydroxylation is 1. The second kappa shape index (κ2) is 12.5. The minimum Gasteiger partial charge on any atom is -0.496 e. The van der Waals surface area contributed by atoms with E-state index < -0.39 is 21.8 Å². The van der Waals surface area contributed by atoms with E-state index in [-0.39, 0.29) is 27.6 Å². The van der Waals surface area contributed by atoms with E-state index in [0.717, 1.165) is 89.8 Å². The number of carbonyl (C=O) groups is 2. The second-order valence-corrected chi connectivity index (χ2v) is 17.2. The zero-order chi connectivity index (χ0) is 35.7. The van der Waals surface area contributed by atoms with Crippen molar-refractivity contribution in [2.75, 3.05) is 46.5 Å². The average molecular weight is 712 g/mol. The average Bonchev–Trinajstić information content (AvgIpc) is 3.28. The van der Waals surface area contributed by atoms with Crippen molar-refractivity contribution < 1.29 is 27.5 Å². The minimum absolute atomic E-state index is 0.0745. The van der Waals surface area contributed by atoms with E-state index in [1.165, 1.54) is 6.92 Å². The first-order valence-corrected chi connectivity index (χ1v) is 19.5. The SMILES string of the molecule is C=C(C)S(=O)(=O)NC(=O)C1=C2Cn3c(cc4c(OC)ccc(CCCCCCC#N)c43)[C@@H]3C(=C21)C=CC[C@H]3C(=O)N1CC23CNCC2(COC3)C1. The van der Waals surface area contributed by atoms with Crippen molar-refractivity contribution in [2.24, 2.45) is 16.7 Å². The van der Waals surface area contributed by atoms with Gasteiger partial charge in [0.1, 0.15) is 5.75 Å². The van der Waals surface area contributed by atoms with Crippen LogP contribution in [0.25, 0.3) is 10.9 Å². The molecule has 0 spiro atoms. The van der Waals surface area contributed by atoms with Gasteiger partial charge in [0, 0.05) is 67.0 Å². The van der Waals surface area contributed by atoms with Gasteiger partial charge >= 0.3 is 0 Å². The number of hydrogen-bond donors (Lipinski definition) is 2. The van der Waals surface area contributed by atoms with Crippen LogP contribution in [0, 0.1) is 28.1 Å². The number of unbranched alkanes of at least 4 members (excludes halogenated alkanes) is 4. The van der Waals surface area contributed by atoms with Crippen LogP contribution in [0.3, 0.4) is 0 Å². The summed E-state index contributed by atoms with van der Waals surface area (Å²) >= 11 is 0. The Hall–Kier alpha value is -4.18. The highest BCUT2D eigenvalue weighted by molar-refractivity contribution is 7.93. The number of allylic oxidation sites excluding steroid dienone is 5. The molecule has 0 saturated carbocycles. The van der Waals surface area contributed by atoms with Gasteiger partial charge in [-0.15, -0.1) is 0 Å². The number of likely N-dealkylation sites (tertiary alicyclic amines) is 1. The Morgan fingerprint density at radius 3 is 2.61 bits per heavy atom. The number of nitrogens with zero attached hydrogens (tertiary/aromatic N) is 3. The van der Waals surface area contributed by atoms with Crippen LogP contribution in [-0.4, -0.2) is 76.2 Å². The molecule has 5 heterocycles. The first kappa shape index (κ1) is 33.9. The van der Waals surface area contributed by atoms with E-state index in [1.54, 1.807) is 7.11 Å². The number of methoxy groups -OCH3 is 1. The molecule has 1 aromatic heterocycles. The summed E-state index contributed by atoms with van der Waals surface area (Å²) in [5.74, 6) is -0.571. The lowest BCUT2D eigenvalue weighted by Crippen LogP contribution is -2.42. The maximum atomic E-state index is 14.9. The normalized spacial score (nSPS) is 27.4. The molecule has 3 saturated heterocycles. The molecule has 51 heavy (non-hydrogen) atoms. The van der Waals surface area contributed by atoms with Crippen LogP contribution in [0.5, 0.6) is 5.75 Å². The van der Waals surface area contributed by atoms with Crippen LogP contribution in [0.2, 0.25) is 0 Å². The third-order valence-electron chi connectivity index (χ3n) is 12.3. The second-order valence-electron chi connectivity index (χ2n) is 15.3. The fourth-order valence-electron chi connectivity index (χ4n) is 9.63. The molecule has 4 aliphatic heterocycles. The van der Waals surface area contributed by atoms with Crippen LogP contribution in [-0.2, 0) is 37.3 Å². The van der Waals surface area contributed by atoms with Gasteiger partial charge in [0.15, 0.2) is 0 Å². The molecular weight excluding hydrogens is 667 g/mol. The summed E-state index contributed by atoms with van der Waals surface area (Å²) in [7, 11) is -2.38. The van der Waals surface area contributed by atoms with Crippen molar-refractivity contribution in [3.8, 4) is 11.8 Å². The van der Waals surface area contributed by atoms with Crippen molar-refractivity contribution in [1.82, 2.24) is 19.5 Å². The standard InChI is InChI=1S/C39H45N5O6S/c1-24(2)51(47,48)42-36(45)34-29-17-44-30(16-28-31(49-3)14-13-25(35(28)44)10-7-5-4-6-8-15-40)32-26(33(29)34)11-9-12-27(32)37(46)43-20-38-18-41-19-39(38,21-43)23-50-22-38/h9,11,13-14,16,27,32,41H,1,4-8,10,12,17-23H2,2-3H3,(H,42,45)/t27-,32-,38?,39?/m1/s1. The van der Waals surface area contributed by atoms with Gasteiger partial charge in [-0.05, 0) is 67.0 Å². The molecule has 2 amide bonds. The number of carbonyl (C=O) groups excluding carboxylic acids is 2. The number of hydrogen-bond acceptors (Lipinski definition) is 8. The fourth-order valence-corrected chi connectivity index (χ4v) is 10.1. The predicted molar refractivity (Wildman–Crippen MR) is 192 cm³/mol. The summed E-state index contributed by atoms with van der Waals surface area (Å²) in [5, 5.41) is 13.5. The molecular formula is C39H45N5O6S. The number of nitrogens with one attached hydrogen (secondary N) is 2. The lowest BCUT2D eigenvalue weighted by Gasteiger charge is -2.34. The van der Waals surface area contributed by atoms with Gasteiger partial charge in [0.05, 0.1) is 48.3 Å². The smallest absolute Gasteiger partial charge is 0.265 e. The van der Waals surface area contributed by atoms with Crippen molar-refractivity contribution in [1.29, 1.82) is 5.26 Å². The van der Waals surface area contributed by atoms with E-state index in [2.05, 4.69) is 44.3 Å². The Morgan fingerprint density at radius 1 is 1.16 bits per heavy atom. The third kappa shape index (κ3) is 5.30. The molecule has 8 rings (SSSR count). The Labute approximate surface area is 299 Å². The fraction of sp³-hybridized carbons (Fsp3) is 0.513. The predicted octanol–water partition coefficient (Wildman–Crippen LogP) is 4.37. The molecule has 2 unspecified atom stereocenters. The largest absolute Gasteiger partial charge is 0.496 e. The number of nitriles is 1. The molecule has 11 nitrogen and oxygen atoms in total. The number of benzene rings is 1. The minimum atomic E-state index is -4.04. The third-order valence-corrected chi connectivity index (χ3v) is 13.7. The lowest BCUT2D eigenvalue weighted by molar-refractivity contribution is -0.136. The maximum Gasteiger partial charge on any atom is 0.265 e. The van der Waals surface area contributed by atoms with Gasteiger partial charge in [-0.2, -0.15) is 5.26 Å². The molecule has 2 N–H and O–H groups in total. The number of fused-ring (bicyclic) bond motifs is 6. The van der Waals surface area contributed by atoms with E-state index in [1.807, 2.05) is 18.2 Å². The molecule has 2 aliphatic carbocycles. The van der Waals surface area contributed by atoms with Crippen LogP contribution < -0.4 is 14.8 Å². The monoisotopic (exact) mass is 711 g/mol. The van der Waals surface area contributed by atoms with Crippen molar-refractivity contribution >= 4 is 32.7 Å². The summed E-state index contributed by atoms with van der Waals surface area (Å²) in [6, 6.07) is 8.52. The Kier molecular flexibility index (Phi) is 8.32. The lowest BCUT2D eigenvalue weighted by atomic mass is 9.71. The van der Waals surface area contributed by atoms with Gasteiger partial charge in [0.2, 0.25) is 5.91 Å². The summed E-state index contributed by atoms with van der Waals surface area (Å²) in [4.78, 5) is 30.5. The van der Waals surface area contributed by atoms with E-state index in [9.17, 15) is 18.0 Å².